The summed E-state index contributed by atoms with van der Waals surface area (Å²) in [7, 11) is -1.57. The Morgan fingerprint density at radius 2 is 1.94 bits per heavy atom. The van der Waals surface area contributed by atoms with Gasteiger partial charge in [-0.05, 0) is 37.7 Å². The highest BCUT2D eigenvalue weighted by Gasteiger charge is 2.24. The van der Waals surface area contributed by atoms with Crippen molar-refractivity contribution in [2.75, 3.05) is 23.9 Å². The van der Waals surface area contributed by atoms with Gasteiger partial charge in [0.2, 0.25) is 0 Å². The van der Waals surface area contributed by atoms with E-state index in [1.54, 1.807) is 0 Å². The summed E-state index contributed by atoms with van der Waals surface area (Å²) in [6.07, 6.45) is 8.90. The molecule has 1 saturated heterocycles. The number of hydrogen-bond donors (Lipinski definition) is 0. The van der Waals surface area contributed by atoms with Gasteiger partial charge in [-0.1, -0.05) is 6.42 Å². The van der Waals surface area contributed by atoms with E-state index in [0.717, 1.165) is 6.42 Å². The minimum Gasteiger partial charge on any atom is -0.501 e. The van der Waals surface area contributed by atoms with E-state index in [-0.39, 0.29) is 5.25 Å². The van der Waals surface area contributed by atoms with Gasteiger partial charge in [0.15, 0.2) is 0 Å². The Kier molecular flexibility index (Phi) is 5.89. The first kappa shape index (κ1) is 14.3. The Bertz CT molecular complexity index is 344. The molecule has 2 rings (SSSR count). The van der Waals surface area contributed by atoms with Crippen molar-refractivity contribution in [1.29, 1.82) is 0 Å². The molecule has 0 spiro atoms. The Hall–Kier alpha value is -0.160. The fraction of sp³-hybridized carbons (Fsp3) is 0.846. The van der Waals surface area contributed by atoms with Crippen molar-refractivity contribution in [2.45, 2.75) is 43.8 Å². The van der Waals surface area contributed by atoms with Gasteiger partial charge in [0.05, 0.1) is 12.9 Å². The maximum atomic E-state index is 11.7. The summed E-state index contributed by atoms with van der Waals surface area (Å²) in [5.74, 6) is 1.79. The molecule has 3 nitrogen and oxygen atoms in total. The third kappa shape index (κ3) is 4.50. The maximum absolute atomic E-state index is 11.7. The fourth-order valence-corrected chi connectivity index (χ4v) is 6.33. The zero-order valence-electron chi connectivity index (χ0n) is 10.8. The van der Waals surface area contributed by atoms with Crippen LogP contribution in [0, 0.1) is 0 Å². The Balaban J connectivity index is 1.68. The van der Waals surface area contributed by atoms with E-state index in [9.17, 15) is 8.42 Å². The highest BCUT2D eigenvalue weighted by molar-refractivity contribution is 7.92. The summed E-state index contributed by atoms with van der Waals surface area (Å²) in [6.45, 7) is 0.608. The van der Waals surface area contributed by atoms with Gasteiger partial charge < -0.3 is 4.74 Å². The molecule has 2 aliphatic rings. The second kappa shape index (κ2) is 7.43. The average Bonchev–Trinajstić information content (AvgIpc) is 2.40. The van der Waals surface area contributed by atoms with Crippen molar-refractivity contribution < 1.29 is 13.2 Å². The Morgan fingerprint density at radius 3 is 2.72 bits per heavy atom. The quantitative estimate of drug-likeness (QED) is 0.588. The van der Waals surface area contributed by atoms with Crippen LogP contribution in [0.15, 0.2) is 11.8 Å². The largest absolute Gasteiger partial charge is 0.501 e. The van der Waals surface area contributed by atoms with E-state index in [0.29, 0.717) is 23.9 Å². The lowest BCUT2D eigenvalue weighted by Crippen LogP contribution is -2.34. The predicted molar refractivity (Wildman–Crippen MR) is 76.4 cm³/mol. The van der Waals surface area contributed by atoms with Crippen molar-refractivity contribution >= 4 is 21.6 Å². The SMILES string of the molecule is O=S1CCS(=O)C(CCOC=C2CCCCC2)C1. The lowest BCUT2D eigenvalue weighted by atomic mass is 9.96. The van der Waals surface area contributed by atoms with E-state index < -0.39 is 21.6 Å². The Labute approximate surface area is 114 Å². The number of hydrogen-bond acceptors (Lipinski definition) is 3. The first-order valence-corrected chi connectivity index (χ1v) is 9.64. The highest BCUT2D eigenvalue weighted by Crippen LogP contribution is 2.22. The van der Waals surface area contributed by atoms with Crippen LogP contribution in [0.5, 0.6) is 0 Å². The molecule has 0 amide bonds. The topological polar surface area (TPSA) is 43.4 Å². The molecule has 5 heteroatoms. The normalized spacial score (nSPS) is 33.1. The molecule has 0 aromatic heterocycles. The lowest BCUT2D eigenvalue weighted by molar-refractivity contribution is 0.239. The Morgan fingerprint density at radius 1 is 1.17 bits per heavy atom. The summed E-state index contributed by atoms with van der Waals surface area (Å²) in [5, 5.41) is 0.0735. The van der Waals surface area contributed by atoms with E-state index in [2.05, 4.69) is 0 Å². The molecular weight excluding hydrogens is 268 g/mol. The minimum absolute atomic E-state index is 0.0735. The van der Waals surface area contributed by atoms with Gasteiger partial charge >= 0.3 is 0 Å². The molecule has 18 heavy (non-hydrogen) atoms. The second-order valence-corrected chi connectivity index (χ2v) is 8.47. The molecule has 0 radical (unpaired) electrons. The fourth-order valence-electron chi connectivity index (χ4n) is 2.42. The molecule has 0 N–H and O–H groups in total. The minimum atomic E-state index is -0.801. The molecular formula is C13H22O3S2. The zero-order valence-corrected chi connectivity index (χ0v) is 12.4. The van der Waals surface area contributed by atoms with Crippen LogP contribution >= 0.6 is 0 Å². The van der Waals surface area contributed by atoms with Crippen LogP contribution in [0.2, 0.25) is 0 Å². The van der Waals surface area contributed by atoms with Gasteiger partial charge in [0, 0.05) is 44.1 Å². The standard InChI is InChI=1S/C13H22O3S2/c14-17-8-9-18(15)13(11-17)6-7-16-10-12-4-2-1-3-5-12/h10,13H,1-9,11H2. The number of rotatable bonds is 4. The molecule has 1 heterocycles. The van der Waals surface area contributed by atoms with Crippen LogP contribution in [-0.4, -0.2) is 37.5 Å². The molecule has 104 valence electrons. The van der Waals surface area contributed by atoms with Gasteiger partial charge in [-0.2, -0.15) is 0 Å². The van der Waals surface area contributed by atoms with E-state index >= 15 is 0 Å². The molecule has 3 atom stereocenters. The highest BCUT2D eigenvalue weighted by atomic mass is 32.2. The number of ether oxygens (including phenoxy) is 1. The summed E-state index contributed by atoms with van der Waals surface area (Å²) in [5.41, 5.74) is 1.41. The average molecular weight is 290 g/mol. The van der Waals surface area contributed by atoms with Crippen molar-refractivity contribution in [3.05, 3.63) is 11.8 Å². The van der Waals surface area contributed by atoms with Crippen LogP contribution in [-0.2, 0) is 26.3 Å². The molecule has 1 saturated carbocycles. The molecule has 1 aliphatic carbocycles. The van der Waals surface area contributed by atoms with Crippen LogP contribution in [0.4, 0.5) is 0 Å². The van der Waals surface area contributed by atoms with E-state index in [1.165, 1.54) is 37.7 Å². The van der Waals surface area contributed by atoms with Gasteiger partial charge in [-0.15, -0.1) is 0 Å². The summed E-state index contributed by atoms with van der Waals surface area (Å²) >= 11 is 0. The first-order chi connectivity index (χ1) is 8.75. The monoisotopic (exact) mass is 290 g/mol. The van der Waals surface area contributed by atoms with Crippen LogP contribution < -0.4 is 0 Å². The summed E-state index contributed by atoms with van der Waals surface area (Å²) in [4.78, 5) is 0. The van der Waals surface area contributed by atoms with Crippen molar-refractivity contribution in [3.63, 3.8) is 0 Å². The number of allylic oxidation sites excluding steroid dienone is 1. The van der Waals surface area contributed by atoms with Crippen LogP contribution in [0.1, 0.15) is 38.5 Å². The van der Waals surface area contributed by atoms with Gasteiger partial charge in [0.1, 0.15) is 0 Å². The predicted octanol–water partition coefficient (Wildman–Crippen LogP) is 2.12. The molecule has 0 aromatic carbocycles. The van der Waals surface area contributed by atoms with E-state index in [1.807, 2.05) is 6.26 Å². The van der Waals surface area contributed by atoms with Crippen molar-refractivity contribution in [2.24, 2.45) is 0 Å². The molecule has 2 fully saturated rings. The van der Waals surface area contributed by atoms with Crippen molar-refractivity contribution in [1.82, 2.24) is 0 Å². The smallest absolute Gasteiger partial charge is 0.0885 e. The molecule has 0 bridgehead atoms. The van der Waals surface area contributed by atoms with Gasteiger partial charge in [-0.3, -0.25) is 8.42 Å². The third-order valence-corrected chi connectivity index (χ3v) is 7.21. The molecule has 0 aromatic rings. The first-order valence-electron chi connectivity index (χ1n) is 6.77. The van der Waals surface area contributed by atoms with Gasteiger partial charge in [0.25, 0.3) is 0 Å². The van der Waals surface area contributed by atoms with Gasteiger partial charge in [-0.25, -0.2) is 0 Å². The molecule has 1 aliphatic heterocycles. The van der Waals surface area contributed by atoms with Crippen LogP contribution in [0.25, 0.3) is 0 Å². The summed E-state index contributed by atoms with van der Waals surface area (Å²) in [6, 6.07) is 0. The summed E-state index contributed by atoms with van der Waals surface area (Å²) < 4.78 is 28.7. The van der Waals surface area contributed by atoms with E-state index in [4.69, 9.17) is 4.74 Å². The van der Waals surface area contributed by atoms with Crippen LogP contribution in [0.3, 0.4) is 0 Å². The molecule has 3 unspecified atom stereocenters. The lowest BCUT2D eigenvalue weighted by Gasteiger charge is -2.20. The van der Waals surface area contributed by atoms with Crippen molar-refractivity contribution in [3.8, 4) is 0 Å². The zero-order chi connectivity index (χ0) is 12.8. The second-order valence-electron chi connectivity index (χ2n) is 5.01. The third-order valence-electron chi connectivity index (χ3n) is 3.56. The maximum Gasteiger partial charge on any atom is 0.0885 e.